The third-order valence-electron chi connectivity index (χ3n) is 7.12. The van der Waals surface area contributed by atoms with Crippen LogP contribution in [0.5, 0.6) is 0 Å². The van der Waals surface area contributed by atoms with Gasteiger partial charge in [-0.3, -0.25) is 4.79 Å². The summed E-state index contributed by atoms with van der Waals surface area (Å²) in [4.78, 5) is 25.7. The molecule has 5 heteroatoms. The van der Waals surface area contributed by atoms with E-state index >= 15 is 0 Å². The molecule has 34 heavy (non-hydrogen) atoms. The van der Waals surface area contributed by atoms with Gasteiger partial charge in [0.1, 0.15) is 6.61 Å². The van der Waals surface area contributed by atoms with Crippen molar-refractivity contribution in [2.24, 2.45) is 28.6 Å². The minimum absolute atomic E-state index is 0.0498. The van der Waals surface area contributed by atoms with Crippen molar-refractivity contribution in [3.8, 4) is 0 Å². The lowest BCUT2D eigenvalue weighted by Crippen LogP contribution is -2.51. The fourth-order valence-electron chi connectivity index (χ4n) is 4.54. The standard InChI is InChI=1S/C29H44O5/c1-20(2)23(21(3)4)15-16-24-25(30)34-29(28(24,8)9,19-33-26(31)27(5,6)7)18-32-17-22-13-11-10-12-14-22/h10-14,16,20-21,23H,15,17-19H2,1-9H3/b24-16+. The fourth-order valence-corrected chi connectivity index (χ4v) is 4.54. The molecule has 1 aliphatic heterocycles. The van der Waals surface area contributed by atoms with Crippen molar-refractivity contribution in [1.82, 2.24) is 0 Å². The maximum absolute atomic E-state index is 13.1. The van der Waals surface area contributed by atoms with E-state index in [1.807, 2.05) is 71.0 Å². The molecule has 0 radical (unpaired) electrons. The summed E-state index contributed by atoms with van der Waals surface area (Å²) < 4.78 is 17.8. The molecular formula is C29H44O5. The van der Waals surface area contributed by atoms with Gasteiger partial charge in [-0.2, -0.15) is 0 Å². The highest BCUT2D eigenvalue weighted by Gasteiger charge is 2.59. The van der Waals surface area contributed by atoms with Crippen LogP contribution in [-0.2, 0) is 30.4 Å². The Morgan fingerprint density at radius 2 is 1.62 bits per heavy atom. The van der Waals surface area contributed by atoms with Crippen LogP contribution in [0.15, 0.2) is 42.0 Å². The quantitative estimate of drug-likeness (QED) is 0.293. The second-order valence-corrected chi connectivity index (χ2v) is 11.8. The first-order valence-corrected chi connectivity index (χ1v) is 12.4. The lowest BCUT2D eigenvalue weighted by Gasteiger charge is -2.38. The van der Waals surface area contributed by atoms with Gasteiger partial charge in [0.2, 0.25) is 0 Å². The zero-order valence-corrected chi connectivity index (χ0v) is 22.6. The lowest BCUT2D eigenvalue weighted by atomic mass is 9.71. The van der Waals surface area contributed by atoms with Crippen molar-refractivity contribution in [2.75, 3.05) is 13.2 Å². The third kappa shape index (κ3) is 6.50. The van der Waals surface area contributed by atoms with E-state index in [4.69, 9.17) is 14.2 Å². The van der Waals surface area contributed by atoms with Crippen molar-refractivity contribution >= 4 is 11.9 Å². The number of hydrogen-bond donors (Lipinski definition) is 0. The number of carbonyl (C=O) groups excluding carboxylic acids is 2. The Labute approximate surface area is 206 Å². The Morgan fingerprint density at radius 3 is 2.15 bits per heavy atom. The predicted octanol–water partition coefficient (Wildman–Crippen LogP) is 6.36. The maximum atomic E-state index is 13.1. The van der Waals surface area contributed by atoms with Gasteiger partial charge in [-0.05, 0) is 50.5 Å². The molecule has 0 bridgehead atoms. The van der Waals surface area contributed by atoms with E-state index in [2.05, 4.69) is 27.7 Å². The molecule has 0 aromatic heterocycles. The highest BCUT2D eigenvalue weighted by molar-refractivity contribution is 5.93. The third-order valence-corrected chi connectivity index (χ3v) is 7.12. The van der Waals surface area contributed by atoms with Crippen LogP contribution in [0, 0.1) is 28.6 Å². The van der Waals surface area contributed by atoms with E-state index in [9.17, 15) is 9.59 Å². The average Bonchev–Trinajstić information content (AvgIpc) is 2.91. The minimum Gasteiger partial charge on any atom is -0.461 e. The summed E-state index contributed by atoms with van der Waals surface area (Å²) in [7, 11) is 0. The number of cyclic esters (lactones) is 1. The normalized spacial score (nSPS) is 21.5. The van der Waals surface area contributed by atoms with E-state index < -0.39 is 16.4 Å². The summed E-state index contributed by atoms with van der Waals surface area (Å²) in [6, 6.07) is 9.85. The summed E-state index contributed by atoms with van der Waals surface area (Å²) in [5, 5.41) is 0. The largest absolute Gasteiger partial charge is 0.461 e. The van der Waals surface area contributed by atoms with Gasteiger partial charge in [-0.1, -0.05) is 78.0 Å². The van der Waals surface area contributed by atoms with Gasteiger partial charge in [0.25, 0.3) is 0 Å². The molecule has 1 aliphatic rings. The molecule has 5 nitrogen and oxygen atoms in total. The summed E-state index contributed by atoms with van der Waals surface area (Å²) >= 11 is 0. The molecule has 1 saturated heterocycles. The topological polar surface area (TPSA) is 61.8 Å². The Bertz CT molecular complexity index is 852. The summed E-state index contributed by atoms with van der Waals surface area (Å²) in [6.45, 7) is 18.7. The summed E-state index contributed by atoms with van der Waals surface area (Å²) in [6.07, 6.45) is 2.84. The van der Waals surface area contributed by atoms with Crippen LogP contribution in [0.25, 0.3) is 0 Å². The Morgan fingerprint density at radius 1 is 1.03 bits per heavy atom. The molecule has 0 spiro atoms. The van der Waals surface area contributed by atoms with Crippen LogP contribution in [-0.4, -0.2) is 30.8 Å². The number of ether oxygens (including phenoxy) is 3. The van der Waals surface area contributed by atoms with Crippen LogP contribution in [0.4, 0.5) is 0 Å². The zero-order chi connectivity index (χ0) is 25.7. The molecule has 0 saturated carbocycles. The van der Waals surface area contributed by atoms with Crippen LogP contribution in [0.1, 0.15) is 74.3 Å². The molecule has 1 fully saturated rings. The van der Waals surface area contributed by atoms with E-state index in [-0.39, 0.29) is 25.2 Å². The maximum Gasteiger partial charge on any atom is 0.335 e. The molecule has 0 aliphatic carbocycles. The molecule has 1 aromatic rings. The number of carbonyl (C=O) groups is 2. The Hall–Kier alpha value is -2.14. The second kappa shape index (κ2) is 11.1. The van der Waals surface area contributed by atoms with Crippen molar-refractivity contribution in [2.45, 2.75) is 80.9 Å². The van der Waals surface area contributed by atoms with E-state index in [0.29, 0.717) is 29.9 Å². The number of benzene rings is 1. The predicted molar refractivity (Wildman–Crippen MR) is 135 cm³/mol. The first-order chi connectivity index (χ1) is 15.7. The monoisotopic (exact) mass is 472 g/mol. The van der Waals surface area contributed by atoms with Gasteiger partial charge in [0.05, 0.1) is 18.6 Å². The summed E-state index contributed by atoms with van der Waals surface area (Å²) in [5.41, 5.74) is -0.791. The lowest BCUT2D eigenvalue weighted by molar-refractivity contribution is -0.183. The number of esters is 2. The summed E-state index contributed by atoms with van der Waals surface area (Å²) in [5.74, 6) is 0.776. The highest BCUT2D eigenvalue weighted by atomic mass is 16.6. The average molecular weight is 473 g/mol. The molecule has 1 heterocycles. The van der Waals surface area contributed by atoms with Crippen molar-refractivity contribution in [1.29, 1.82) is 0 Å². The molecule has 0 amide bonds. The molecule has 190 valence electrons. The van der Waals surface area contributed by atoms with Gasteiger partial charge in [0.15, 0.2) is 5.60 Å². The SMILES string of the molecule is CC(C)C(C/C=C1\C(=O)OC(COCc2ccccc2)(COC(=O)C(C)(C)C)C1(C)C)C(C)C. The van der Waals surface area contributed by atoms with Crippen molar-refractivity contribution < 1.29 is 23.8 Å². The zero-order valence-electron chi connectivity index (χ0n) is 22.6. The fraction of sp³-hybridized carbons (Fsp3) is 0.655. The Balaban J connectivity index is 2.32. The number of hydrogen-bond acceptors (Lipinski definition) is 5. The van der Waals surface area contributed by atoms with Gasteiger partial charge in [-0.25, -0.2) is 4.79 Å². The minimum atomic E-state index is -1.10. The molecule has 0 N–H and O–H groups in total. The van der Waals surface area contributed by atoms with Gasteiger partial charge >= 0.3 is 11.9 Å². The first kappa shape index (κ1) is 28.1. The Kier molecular flexibility index (Phi) is 9.15. The van der Waals surface area contributed by atoms with Crippen LogP contribution in [0.2, 0.25) is 0 Å². The van der Waals surface area contributed by atoms with E-state index in [0.717, 1.165) is 12.0 Å². The molecule has 1 unspecified atom stereocenters. The van der Waals surface area contributed by atoms with Gasteiger partial charge in [0, 0.05) is 11.0 Å². The van der Waals surface area contributed by atoms with Crippen LogP contribution < -0.4 is 0 Å². The number of rotatable bonds is 10. The van der Waals surface area contributed by atoms with Crippen LogP contribution >= 0.6 is 0 Å². The molecular weight excluding hydrogens is 428 g/mol. The van der Waals surface area contributed by atoms with Crippen molar-refractivity contribution in [3.05, 3.63) is 47.5 Å². The number of allylic oxidation sites excluding steroid dienone is 1. The van der Waals surface area contributed by atoms with Crippen LogP contribution in [0.3, 0.4) is 0 Å². The smallest absolute Gasteiger partial charge is 0.335 e. The molecule has 1 atom stereocenters. The second-order valence-electron chi connectivity index (χ2n) is 11.8. The van der Waals surface area contributed by atoms with Crippen molar-refractivity contribution in [3.63, 3.8) is 0 Å². The molecule has 2 rings (SSSR count). The van der Waals surface area contributed by atoms with E-state index in [1.165, 1.54) is 0 Å². The van der Waals surface area contributed by atoms with Gasteiger partial charge < -0.3 is 14.2 Å². The molecule has 1 aromatic carbocycles. The first-order valence-electron chi connectivity index (χ1n) is 12.4. The van der Waals surface area contributed by atoms with Gasteiger partial charge in [-0.15, -0.1) is 0 Å². The van der Waals surface area contributed by atoms with E-state index in [1.54, 1.807) is 0 Å². The highest BCUT2D eigenvalue weighted by Crippen LogP contribution is 2.49.